The molecule has 188 valence electrons. The maximum absolute atomic E-state index is 12.6. The molecular formula is C21H20N6O9. The molecule has 3 heterocycles. The molecule has 0 unspecified atom stereocenters. The van der Waals surface area contributed by atoms with E-state index >= 15 is 0 Å². The van der Waals surface area contributed by atoms with Crippen LogP contribution in [0.25, 0.3) is 16.9 Å². The summed E-state index contributed by atoms with van der Waals surface area (Å²) in [6.45, 7) is 2.24. The Labute approximate surface area is 201 Å². The van der Waals surface area contributed by atoms with E-state index in [4.69, 9.17) is 14.2 Å². The number of esters is 2. The number of aromatic nitrogens is 5. The largest absolute Gasteiger partial charge is 0.463 e. The Morgan fingerprint density at radius 1 is 1.19 bits per heavy atom. The van der Waals surface area contributed by atoms with Gasteiger partial charge in [-0.25, -0.2) is 9.48 Å². The number of carbonyl (C=O) groups excluding carboxylic acids is 2. The highest BCUT2D eigenvalue weighted by Gasteiger charge is 2.40. The standard InChI is InChI=1S/C21H20N6O9/c1-11(28)34-10-18-17(35-12(2)29)7-19(36-18)25-8-15(20(30)22-21(25)31)16-9-26(24-23-16)13-3-5-14(6-4-13)27(32)33/h3-6,8-9,17-19H,7,10H2,1-2H3,(H,22,30,31)/t17-,18+,19+/m0/s1. The summed E-state index contributed by atoms with van der Waals surface area (Å²) in [5, 5.41) is 18.8. The van der Waals surface area contributed by atoms with E-state index in [1.54, 1.807) is 0 Å². The van der Waals surface area contributed by atoms with E-state index in [-0.39, 0.29) is 30.0 Å². The van der Waals surface area contributed by atoms with Crippen molar-refractivity contribution in [3.05, 3.63) is 67.6 Å². The molecule has 0 saturated carbocycles. The number of hydrogen-bond donors (Lipinski definition) is 1. The molecule has 0 aliphatic carbocycles. The van der Waals surface area contributed by atoms with E-state index in [0.29, 0.717) is 5.69 Å². The van der Waals surface area contributed by atoms with Crippen LogP contribution in [0.2, 0.25) is 0 Å². The molecule has 0 spiro atoms. The molecule has 1 aliphatic heterocycles. The third-order valence-electron chi connectivity index (χ3n) is 5.32. The summed E-state index contributed by atoms with van der Waals surface area (Å²) in [7, 11) is 0. The van der Waals surface area contributed by atoms with Crippen LogP contribution in [0.5, 0.6) is 0 Å². The molecule has 1 fully saturated rings. The van der Waals surface area contributed by atoms with Crippen molar-refractivity contribution >= 4 is 17.6 Å². The summed E-state index contributed by atoms with van der Waals surface area (Å²) in [5.74, 6) is -1.13. The smallest absolute Gasteiger partial charge is 0.330 e. The van der Waals surface area contributed by atoms with Crippen LogP contribution in [-0.4, -0.2) is 60.2 Å². The van der Waals surface area contributed by atoms with Gasteiger partial charge < -0.3 is 14.2 Å². The summed E-state index contributed by atoms with van der Waals surface area (Å²) >= 11 is 0. The molecule has 36 heavy (non-hydrogen) atoms. The van der Waals surface area contributed by atoms with Crippen LogP contribution in [-0.2, 0) is 23.8 Å². The Kier molecular flexibility index (Phi) is 6.73. The number of aromatic amines is 1. The number of nitro groups is 1. The second kappa shape index (κ2) is 9.91. The number of nitrogens with zero attached hydrogens (tertiary/aromatic N) is 5. The van der Waals surface area contributed by atoms with Crippen molar-refractivity contribution in [2.75, 3.05) is 6.61 Å². The van der Waals surface area contributed by atoms with Crippen molar-refractivity contribution in [1.29, 1.82) is 0 Å². The maximum Gasteiger partial charge on any atom is 0.330 e. The number of nitrogens with one attached hydrogen (secondary N) is 1. The third kappa shape index (κ3) is 5.20. The maximum atomic E-state index is 12.6. The Balaban J connectivity index is 1.62. The van der Waals surface area contributed by atoms with E-state index in [9.17, 15) is 29.3 Å². The summed E-state index contributed by atoms with van der Waals surface area (Å²) in [5.41, 5.74) is -1.02. The lowest BCUT2D eigenvalue weighted by atomic mass is 10.2. The highest BCUT2D eigenvalue weighted by Crippen LogP contribution is 2.31. The van der Waals surface area contributed by atoms with Crippen LogP contribution in [0.4, 0.5) is 5.69 Å². The second-order valence-electron chi connectivity index (χ2n) is 7.85. The fourth-order valence-corrected chi connectivity index (χ4v) is 3.68. The minimum atomic E-state index is -0.942. The van der Waals surface area contributed by atoms with Crippen molar-refractivity contribution in [3.8, 4) is 16.9 Å². The topological polar surface area (TPSA) is 191 Å². The van der Waals surface area contributed by atoms with Gasteiger partial charge in [0, 0.05) is 38.6 Å². The molecule has 1 saturated heterocycles. The SMILES string of the molecule is CC(=O)OC[C@H]1O[C@@H](n2cc(-c3cn(-c4ccc([N+](=O)[O-])cc4)nn3)c(=O)[nH]c2=O)C[C@@H]1OC(C)=O. The number of nitro benzene ring substituents is 1. The van der Waals surface area contributed by atoms with E-state index in [1.807, 2.05) is 0 Å². The van der Waals surface area contributed by atoms with Crippen molar-refractivity contribution in [3.63, 3.8) is 0 Å². The first-order valence-electron chi connectivity index (χ1n) is 10.6. The van der Waals surface area contributed by atoms with Crippen LogP contribution in [0.15, 0.2) is 46.2 Å². The number of carbonyl (C=O) groups is 2. The molecule has 1 N–H and O–H groups in total. The van der Waals surface area contributed by atoms with Crippen molar-refractivity contribution in [2.24, 2.45) is 0 Å². The fourth-order valence-electron chi connectivity index (χ4n) is 3.68. The average molecular weight is 500 g/mol. The first-order valence-corrected chi connectivity index (χ1v) is 10.6. The summed E-state index contributed by atoms with van der Waals surface area (Å²) in [6.07, 6.45) is 0.163. The predicted octanol–water partition coefficient (Wildman–Crippen LogP) is 0.475. The Morgan fingerprint density at radius 2 is 1.92 bits per heavy atom. The number of hydrogen-bond acceptors (Lipinski definition) is 11. The van der Waals surface area contributed by atoms with Crippen LogP contribution in [0.1, 0.15) is 26.5 Å². The zero-order valence-corrected chi connectivity index (χ0v) is 19.0. The summed E-state index contributed by atoms with van der Waals surface area (Å²) in [6, 6.07) is 5.53. The van der Waals surface area contributed by atoms with E-state index in [2.05, 4.69) is 15.3 Å². The molecule has 0 radical (unpaired) electrons. The van der Waals surface area contributed by atoms with E-state index in [0.717, 1.165) is 4.57 Å². The van der Waals surface area contributed by atoms with E-state index < -0.39 is 46.5 Å². The number of H-pyrrole nitrogens is 1. The lowest BCUT2D eigenvalue weighted by molar-refractivity contribution is -0.384. The quantitative estimate of drug-likeness (QED) is 0.269. The highest BCUT2D eigenvalue weighted by molar-refractivity contribution is 5.66. The van der Waals surface area contributed by atoms with Gasteiger partial charge in [0.25, 0.3) is 11.2 Å². The number of rotatable bonds is 7. The second-order valence-corrected chi connectivity index (χ2v) is 7.85. The van der Waals surface area contributed by atoms with Gasteiger partial charge in [0.1, 0.15) is 30.7 Å². The van der Waals surface area contributed by atoms with Crippen molar-refractivity contribution in [2.45, 2.75) is 38.7 Å². The molecule has 4 rings (SSSR count). The van der Waals surface area contributed by atoms with Gasteiger partial charge in [0.15, 0.2) is 0 Å². The monoisotopic (exact) mass is 500 g/mol. The molecular weight excluding hydrogens is 480 g/mol. The number of benzene rings is 1. The Morgan fingerprint density at radius 3 is 2.56 bits per heavy atom. The van der Waals surface area contributed by atoms with Gasteiger partial charge in [-0.1, -0.05) is 5.21 Å². The summed E-state index contributed by atoms with van der Waals surface area (Å²) in [4.78, 5) is 60.3. The number of non-ortho nitro benzene ring substituents is 1. The highest BCUT2D eigenvalue weighted by atomic mass is 16.6. The van der Waals surface area contributed by atoms with Crippen LogP contribution >= 0.6 is 0 Å². The molecule has 3 atom stereocenters. The summed E-state index contributed by atoms with van der Waals surface area (Å²) < 4.78 is 18.5. The lowest BCUT2D eigenvalue weighted by Crippen LogP contribution is -2.33. The predicted molar refractivity (Wildman–Crippen MR) is 119 cm³/mol. The normalized spacial score (nSPS) is 19.1. The van der Waals surface area contributed by atoms with Crippen LogP contribution in [0.3, 0.4) is 0 Å². The number of ether oxygens (including phenoxy) is 3. The third-order valence-corrected chi connectivity index (χ3v) is 5.32. The molecule has 3 aromatic rings. The van der Waals surface area contributed by atoms with Gasteiger partial charge in [-0.3, -0.25) is 34.0 Å². The molecule has 15 heteroatoms. The first kappa shape index (κ1) is 24.5. The zero-order valence-electron chi connectivity index (χ0n) is 19.0. The minimum absolute atomic E-state index is 0.00108. The fraction of sp³-hybridized carbons (Fsp3) is 0.333. The van der Waals surface area contributed by atoms with Gasteiger partial charge in [-0.15, -0.1) is 5.10 Å². The van der Waals surface area contributed by atoms with Crippen molar-refractivity contribution in [1.82, 2.24) is 24.5 Å². The molecule has 0 bridgehead atoms. The van der Waals surface area contributed by atoms with Gasteiger partial charge in [-0.05, 0) is 12.1 Å². The van der Waals surface area contributed by atoms with Crippen LogP contribution < -0.4 is 11.2 Å². The molecule has 2 aromatic heterocycles. The van der Waals surface area contributed by atoms with Crippen molar-refractivity contribution < 1.29 is 28.7 Å². The van der Waals surface area contributed by atoms with Gasteiger partial charge in [0.2, 0.25) is 0 Å². The van der Waals surface area contributed by atoms with Crippen LogP contribution in [0, 0.1) is 10.1 Å². The molecule has 1 aliphatic rings. The molecule has 0 amide bonds. The first-order chi connectivity index (χ1) is 17.1. The Bertz CT molecular complexity index is 1420. The Hall–Kier alpha value is -4.66. The lowest BCUT2D eigenvalue weighted by Gasteiger charge is -2.17. The zero-order chi connectivity index (χ0) is 26.0. The molecule has 15 nitrogen and oxygen atoms in total. The molecule has 1 aromatic carbocycles. The minimum Gasteiger partial charge on any atom is -0.463 e. The van der Waals surface area contributed by atoms with Gasteiger partial charge in [-0.2, -0.15) is 0 Å². The average Bonchev–Trinajstić information content (AvgIpc) is 3.45. The van der Waals surface area contributed by atoms with Gasteiger partial charge >= 0.3 is 17.6 Å². The van der Waals surface area contributed by atoms with Gasteiger partial charge in [0.05, 0.1) is 22.4 Å². The van der Waals surface area contributed by atoms with E-state index in [1.165, 1.54) is 55.2 Å².